The van der Waals surface area contributed by atoms with Gasteiger partial charge in [0.25, 0.3) is 5.91 Å². The predicted octanol–water partition coefficient (Wildman–Crippen LogP) is 3.58. The highest BCUT2D eigenvalue weighted by Gasteiger charge is 2.28. The maximum atomic E-state index is 13.6. The Kier molecular flexibility index (Phi) is 5.49. The summed E-state index contributed by atoms with van der Waals surface area (Å²) >= 11 is 0. The molecule has 128 valence electrons. The summed E-state index contributed by atoms with van der Waals surface area (Å²) in [5.41, 5.74) is -0.172. The normalized spacial score (nSPS) is 12.5. The van der Waals surface area contributed by atoms with E-state index in [4.69, 9.17) is 4.74 Å². The molecule has 24 heavy (non-hydrogen) atoms. The number of rotatable bonds is 5. The zero-order chi connectivity index (χ0) is 17.7. The third-order valence-electron chi connectivity index (χ3n) is 3.58. The van der Waals surface area contributed by atoms with Crippen molar-refractivity contribution in [2.24, 2.45) is 5.41 Å². The molecule has 0 aliphatic heterocycles. The van der Waals surface area contributed by atoms with Crippen molar-refractivity contribution < 1.29 is 18.3 Å². The molecule has 0 saturated heterocycles. The minimum atomic E-state index is -0.724. The van der Waals surface area contributed by atoms with Gasteiger partial charge in [-0.3, -0.25) is 4.79 Å². The van der Waals surface area contributed by atoms with Crippen LogP contribution in [0.4, 0.5) is 8.78 Å². The fourth-order valence-corrected chi connectivity index (χ4v) is 2.03. The average Bonchev–Trinajstić information content (AvgIpc) is 2.51. The number of amides is 1. The topological polar surface area (TPSA) is 51.2 Å². The maximum Gasteiger partial charge on any atom is 0.251 e. The van der Waals surface area contributed by atoms with Crippen LogP contribution in [-0.4, -0.2) is 23.5 Å². The Morgan fingerprint density at radius 1 is 1.25 bits per heavy atom. The van der Waals surface area contributed by atoms with Crippen molar-refractivity contribution >= 4 is 5.91 Å². The lowest BCUT2D eigenvalue weighted by Gasteiger charge is -2.31. The van der Waals surface area contributed by atoms with Crippen LogP contribution < -0.4 is 10.1 Å². The molecule has 1 aromatic carbocycles. The van der Waals surface area contributed by atoms with Crippen LogP contribution in [0.3, 0.4) is 0 Å². The third kappa shape index (κ3) is 4.75. The van der Waals surface area contributed by atoms with Gasteiger partial charge in [-0.1, -0.05) is 32.9 Å². The van der Waals surface area contributed by atoms with Gasteiger partial charge in [0.1, 0.15) is 6.61 Å². The van der Waals surface area contributed by atoms with E-state index in [1.54, 1.807) is 12.1 Å². The number of ether oxygens (including phenoxy) is 1. The molecule has 0 fully saturated rings. The number of halogens is 2. The highest BCUT2D eigenvalue weighted by Crippen LogP contribution is 2.22. The fraction of sp³-hybridized carbons (Fsp3) is 0.333. The molecule has 1 N–H and O–H groups in total. The van der Waals surface area contributed by atoms with Crippen molar-refractivity contribution in [1.29, 1.82) is 0 Å². The lowest BCUT2D eigenvalue weighted by molar-refractivity contribution is 0.0859. The summed E-state index contributed by atoms with van der Waals surface area (Å²) in [5.74, 6) is -1.51. The number of aromatic nitrogens is 1. The molecule has 0 spiro atoms. The van der Waals surface area contributed by atoms with Crippen LogP contribution in [0.2, 0.25) is 0 Å². The summed E-state index contributed by atoms with van der Waals surface area (Å²) in [6, 6.07) is 8.16. The minimum absolute atomic E-state index is 0.0870. The molecule has 2 rings (SSSR count). The summed E-state index contributed by atoms with van der Waals surface area (Å²) in [6.45, 7) is 5.87. The number of pyridine rings is 1. The SMILES string of the molecule is CC(C)(C)C(COc1ccccc1F)NC(=O)c1ccnc(F)c1. The molecule has 6 heteroatoms. The van der Waals surface area contributed by atoms with E-state index in [0.717, 1.165) is 6.07 Å². The Balaban J connectivity index is 2.09. The standard InChI is InChI=1S/C18H20F2N2O2/c1-18(2,3)15(11-24-14-7-5-4-6-13(14)19)22-17(23)12-8-9-21-16(20)10-12/h4-10,15H,11H2,1-3H3,(H,22,23). The monoisotopic (exact) mass is 334 g/mol. The molecule has 4 nitrogen and oxygen atoms in total. The van der Waals surface area contributed by atoms with E-state index in [2.05, 4.69) is 10.3 Å². The number of carbonyl (C=O) groups is 1. The van der Waals surface area contributed by atoms with Crippen molar-refractivity contribution in [2.75, 3.05) is 6.61 Å². The number of nitrogens with one attached hydrogen (secondary N) is 1. The number of hydrogen-bond acceptors (Lipinski definition) is 3. The summed E-state index contributed by atoms with van der Waals surface area (Å²) in [5, 5.41) is 2.81. The predicted molar refractivity (Wildman–Crippen MR) is 86.8 cm³/mol. The van der Waals surface area contributed by atoms with Gasteiger partial charge in [0, 0.05) is 17.8 Å². The minimum Gasteiger partial charge on any atom is -0.488 e. The highest BCUT2D eigenvalue weighted by atomic mass is 19.1. The van der Waals surface area contributed by atoms with E-state index in [9.17, 15) is 13.6 Å². The number of carbonyl (C=O) groups excluding carboxylic acids is 1. The first-order valence-electron chi connectivity index (χ1n) is 7.57. The quantitative estimate of drug-likeness (QED) is 0.850. The largest absolute Gasteiger partial charge is 0.488 e. The molecule has 2 aromatic rings. The number of para-hydroxylation sites is 1. The zero-order valence-electron chi connectivity index (χ0n) is 13.8. The Hall–Kier alpha value is -2.50. The van der Waals surface area contributed by atoms with Crippen molar-refractivity contribution in [1.82, 2.24) is 10.3 Å². The molecule has 1 atom stereocenters. The number of hydrogen-bond donors (Lipinski definition) is 1. The molecule has 0 radical (unpaired) electrons. The van der Waals surface area contributed by atoms with E-state index in [-0.39, 0.29) is 23.3 Å². The van der Waals surface area contributed by atoms with Crippen LogP contribution in [0.15, 0.2) is 42.6 Å². The molecule has 1 heterocycles. The molecule has 0 bridgehead atoms. The molecular formula is C18H20F2N2O2. The molecular weight excluding hydrogens is 314 g/mol. The Morgan fingerprint density at radius 3 is 2.58 bits per heavy atom. The lowest BCUT2D eigenvalue weighted by atomic mass is 9.87. The molecule has 1 unspecified atom stereocenters. The summed E-state index contributed by atoms with van der Waals surface area (Å²) in [4.78, 5) is 15.7. The van der Waals surface area contributed by atoms with Crippen molar-refractivity contribution in [3.63, 3.8) is 0 Å². The first-order valence-corrected chi connectivity index (χ1v) is 7.57. The highest BCUT2D eigenvalue weighted by molar-refractivity contribution is 5.94. The van der Waals surface area contributed by atoms with Crippen LogP contribution in [0.5, 0.6) is 5.75 Å². The van der Waals surface area contributed by atoms with E-state index >= 15 is 0 Å². The van der Waals surface area contributed by atoms with Gasteiger partial charge in [0.15, 0.2) is 11.6 Å². The van der Waals surface area contributed by atoms with Crippen LogP contribution >= 0.6 is 0 Å². The van der Waals surface area contributed by atoms with Crippen molar-refractivity contribution in [2.45, 2.75) is 26.8 Å². The fourth-order valence-electron chi connectivity index (χ4n) is 2.03. The summed E-state index contributed by atoms with van der Waals surface area (Å²) < 4.78 is 32.3. The van der Waals surface area contributed by atoms with Crippen LogP contribution in [0.25, 0.3) is 0 Å². The van der Waals surface area contributed by atoms with Crippen LogP contribution in [0.1, 0.15) is 31.1 Å². The Bertz CT molecular complexity index is 714. The average molecular weight is 334 g/mol. The van der Waals surface area contributed by atoms with E-state index in [1.165, 1.54) is 24.4 Å². The van der Waals surface area contributed by atoms with Crippen molar-refractivity contribution in [3.8, 4) is 5.75 Å². The van der Waals surface area contributed by atoms with Crippen molar-refractivity contribution in [3.05, 3.63) is 59.9 Å². The number of benzene rings is 1. The summed E-state index contributed by atoms with van der Waals surface area (Å²) in [6.07, 6.45) is 1.23. The van der Waals surface area contributed by atoms with Gasteiger partial charge < -0.3 is 10.1 Å². The molecule has 1 aromatic heterocycles. The first kappa shape index (κ1) is 17.8. The maximum absolute atomic E-state index is 13.6. The van der Waals surface area contributed by atoms with Gasteiger partial charge in [0.05, 0.1) is 6.04 Å². The molecule has 0 aliphatic rings. The van der Waals surface area contributed by atoms with E-state index < -0.39 is 23.7 Å². The smallest absolute Gasteiger partial charge is 0.251 e. The van der Waals surface area contributed by atoms with Crippen LogP contribution in [0, 0.1) is 17.2 Å². The Morgan fingerprint density at radius 2 is 1.96 bits per heavy atom. The van der Waals surface area contributed by atoms with Gasteiger partial charge in [-0.25, -0.2) is 9.37 Å². The van der Waals surface area contributed by atoms with E-state index in [1.807, 2.05) is 20.8 Å². The second-order valence-corrected chi connectivity index (χ2v) is 6.50. The van der Waals surface area contributed by atoms with Gasteiger partial charge >= 0.3 is 0 Å². The second kappa shape index (κ2) is 7.38. The molecule has 1 amide bonds. The Labute approximate surface area is 139 Å². The van der Waals surface area contributed by atoms with E-state index in [0.29, 0.717) is 0 Å². The van der Waals surface area contributed by atoms with Crippen LogP contribution in [-0.2, 0) is 0 Å². The first-order chi connectivity index (χ1) is 11.3. The second-order valence-electron chi connectivity index (χ2n) is 6.50. The molecule has 0 saturated carbocycles. The summed E-state index contributed by atoms with van der Waals surface area (Å²) in [7, 11) is 0. The van der Waals surface area contributed by atoms with Gasteiger partial charge in [-0.05, 0) is 23.6 Å². The zero-order valence-corrected chi connectivity index (χ0v) is 13.8. The van der Waals surface area contributed by atoms with Gasteiger partial charge in [-0.2, -0.15) is 4.39 Å². The van der Waals surface area contributed by atoms with Gasteiger partial charge in [-0.15, -0.1) is 0 Å². The number of nitrogens with zero attached hydrogens (tertiary/aromatic N) is 1. The van der Waals surface area contributed by atoms with Gasteiger partial charge in [0.2, 0.25) is 5.95 Å². The lowest BCUT2D eigenvalue weighted by Crippen LogP contribution is -2.47. The third-order valence-corrected chi connectivity index (χ3v) is 3.58. The molecule has 0 aliphatic carbocycles.